The molecule has 1 heterocycles. The normalized spacial score (nSPS) is 11.0. The van der Waals surface area contributed by atoms with Crippen LogP contribution in [0.3, 0.4) is 0 Å². The van der Waals surface area contributed by atoms with E-state index in [1.54, 1.807) is 0 Å². The lowest BCUT2D eigenvalue weighted by atomic mass is 10.1. The molecule has 0 aliphatic heterocycles. The fourth-order valence-electron chi connectivity index (χ4n) is 1.71. The lowest BCUT2D eigenvalue weighted by molar-refractivity contribution is 0.655. The summed E-state index contributed by atoms with van der Waals surface area (Å²) in [7, 11) is 1.91. The summed E-state index contributed by atoms with van der Waals surface area (Å²) >= 11 is 0. The van der Waals surface area contributed by atoms with Gasteiger partial charge in [-0.3, -0.25) is 4.68 Å². The summed E-state index contributed by atoms with van der Waals surface area (Å²) in [6.07, 6.45) is 0. The molecule has 0 atom stereocenters. The quantitative estimate of drug-likeness (QED) is 0.783. The Bertz CT molecular complexity index is 499. The van der Waals surface area contributed by atoms with Gasteiger partial charge >= 0.3 is 0 Å². The van der Waals surface area contributed by atoms with Gasteiger partial charge in [-0.05, 0) is 12.1 Å². The van der Waals surface area contributed by atoms with Crippen molar-refractivity contribution in [2.75, 3.05) is 5.73 Å². The number of hydrogen-bond acceptors (Lipinski definition) is 3. The Labute approximate surface area is 95.1 Å². The molecule has 0 aliphatic rings. The van der Waals surface area contributed by atoms with Crippen LogP contribution in [0.25, 0.3) is 11.4 Å². The first-order chi connectivity index (χ1) is 7.59. The standard InChI is InChI=1S/C12H16N4/c1-8(2)12-14-11(15-16(12)3)9-6-4-5-7-10(9)13/h4-8H,13H2,1-3H3. The van der Waals surface area contributed by atoms with E-state index in [1.807, 2.05) is 36.0 Å². The number of benzene rings is 1. The summed E-state index contributed by atoms with van der Waals surface area (Å²) in [6.45, 7) is 4.20. The fraction of sp³-hybridized carbons (Fsp3) is 0.333. The molecule has 0 amide bonds. The molecule has 1 aromatic carbocycles. The van der Waals surface area contributed by atoms with Crippen LogP contribution in [0.1, 0.15) is 25.6 Å². The number of aryl methyl sites for hydroxylation is 1. The maximum atomic E-state index is 5.90. The Morgan fingerprint density at radius 1 is 1.25 bits per heavy atom. The van der Waals surface area contributed by atoms with E-state index >= 15 is 0 Å². The van der Waals surface area contributed by atoms with Gasteiger partial charge in [0.25, 0.3) is 0 Å². The maximum absolute atomic E-state index is 5.90. The third kappa shape index (κ3) is 1.78. The molecule has 84 valence electrons. The first-order valence-electron chi connectivity index (χ1n) is 5.35. The number of nitrogens with two attached hydrogens (primary N) is 1. The predicted octanol–water partition coefficient (Wildman–Crippen LogP) is 2.19. The van der Waals surface area contributed by atoms with Crippen LogP contribution >= 0.6 is 0 Å². The lowest BCUT2D eigenvalue weighted by Gasteiger charge is -2.00. The van der Waals surface area contributed by atoms with Crippen LogP contribution in [0.4, 0.5) is 5.69 Å². The van der Waals surface area contributed by atoms with Crippen LogP contribution in [-0.4, -0.2) is 14.8 Å². The first kappa shape index (κ1) is 10.7. The molecule has 0 radical (unpaired) electrons. The van der Waals surface area contributed by atoms with Crippen LogP contribution < -0.4 is 5.73 Å². The van der Waals surface area contributed by atoms with E-state index < -0.39 is 0 Å². The minimum atomic E-state index is 0.358. The van der Waals surface area contributed by atoms with Crippen molar-refractivity contribution >= 4 is 5.69 Å². The van der Waals surface area contributed by atoms with Crippen molar-refractivity contribution in [1.29, 1.82) is 0 Å². The van der Waals surface area contributed by atoms with Gasteiger partial charge in [0.05, 0.1) is 0 Å². The molecule has 0 fully saturated rings. The Morgan fingerprint density at radius 3 is 2.50 bits per heavy atom. The Hall–Kier alpha value is -1.84. The summed E-state index contributed by atoms with van der Waals surface area (Å²) in [4.78, 5) is 4.51. The highest BCUT2D eigenvalue weighted by molar-refractivity contribution is 5.70. The minimum absolute atomic E-state index is 0.358. The number of para-hydroxylation sites is 1. The average Bonchev–Trinajstić information content (AvgIpc) is 2.61. The Kier molecular flexibility index (Phi) is 2.64. The monoisotopic (exact) mass is 216 g/mol. The smallest absolute Gasteiger partial charge is 0.183 e. The average molecular weight is 216 g/mol. The van der Waals surface area contributed by atoms with Gasteiger partial charge in [0.1, 0.15) is 5.82 Å². The number of rotatable bonds is 2. The van der Waals surface area contributed by atoms with Crippen LogP contribution in [-0.2, 0) is 7.05 Å². The summed E-state index contributed by atoms with van der Waals surface area (Å²) < 4.78 is 1.81. The Morgan fingerprint density at radius 2 is 1.94 bits per heavy atom. The maximum Gasteiger partial charge on any atom is 0.183 e. The summed E-state index contributed by atoms with van der Waals surface area (Å²) in [5.41, 5.74) is 7.50. The number of nitrogen functional groups attached to an aromatic ring is 1. The van der Waals surface area contributed by atoms with Crippen molar-refractivity contribution in [3.63, 3.8) is 0 Å². The minimum Gasteiger partial charge on any atom is -0.398 e. The molecule has 16 heavy (non-hydrogen) atoms. The molecule has 4 heteroatoms. The molecule has 4 nitrogen and oxygen atoms in total. The van der Waals surface area contributed by atoms with E-state index in [9.17, 15) is 0 Å². The molecule has 0 unspecified atom stereocenters. The van der Waals surface area contributed by atoms with Crippen molar-refractivity contribution in [2.24, 2.45) is 7.05 Å². The SMILES string of the molecule is CC(C)c1nc(-c2ccccc2N)nn1C. The highest BCUT2D eigenvalue weighted by atomic mass is 15.3. The zero-order valence-electron chi connectivity index (χ0n) is 9.81. The van der Waals surface area contributed by atoms with Gasteiger partial charge in [-0.15, -0.1) is 0 Å². The van der Waals surface area contributed by atoms with E-state index in [0.29, 0.717) is 17.4 Å². The van der Waals surface area contributed by atoms with Gasteiger partial charge in [0.2, 0.25) is 0 Å². The number of aromatic nitrogens is 3. The van der Waals surface area contributed by atoms with Gasteiger partial charge in [-0.2, -0.15) is 5.10 Å². The summed E-state index contributed by atoms with van der Waals surface area (Å²) in [5, 5.41) is 4.39. The zero-order chi connectivity index (χ0) is 11.7. The van der Waals surface area contributed by atoms with Gasteiger partial charge in [0.15, 0.2) is 5.82 Å². The zero-order valence-corrected chi connectivity index (χ0v) is 9.81. The van der Waals surface area contributed by atoms with Crippen LogP contribution in [0.5, 0.6) is 0 Å². The van der Waals surface area contributed by atoms with Gasteiger partial charge in [-0.1, -0.05) is 26.0 Å². The molecule has 0 aliphatic carbocycles. The molecule has 2 aromatic rings. The van der Waals surface area contributed by atoms with E-state index in [4.69, 9.17) is 5.73 Å². The lowest BCUT2D eigenvalue weighted by Crippen LogP contribution is -2.00. The van der Waals surface area contributed by atoms with Crippen molar-refractivity contribution in [3.8, 4) is 11.4 Å². The van der Waals surface area contributed by atoms with Crippen LogP contribution in [0, 0.1) is 0 Å². The van der Waals surface area contributed by atoms with Gasteiger partial charge in [0, 0.05) is 24.2 Å². The van der Waals surface area contributed by atoms with Crippen molar-refractivity contribution in [1.82, 2.24) is 14.8 Å². The third-order valence-corrected chi connectivity index (χ3v) is 2.51. The van der Waals surface area contributed by atoms with E-state index in [1.165, 1.54) is 0 Å². The predicted molar refractivity (Wildman–Crippen MR) is 64.9 cm³/mol. The number of nitrogens with zero attached hydrogens (tertiary/aromatic N) is 3. The molecule has 2 N–H and O–H groups in total. The highest BCUT2D eigenvalue weighted by Gasteiger charge is 2.13. The third-order valence-electron chi connectivity index (χ3n) is 2.51. The second kappa shape index (κ2) is 3.96. The second-order valence-electron chi connectivity index (χ2n) is 4.16. The molecule has 1 aromatic heterocycles. The van der Waals surface area contributed by atoms with E-state index in [2.05, 4.69) is 23.9 Å². The molecule has 0 spiro atoms. The van der Waals surface area contributed by atoms with Crippen LogP contribution in [0.2, 0.25) is 0 Å². The highest BCUT2D eigenvalue weighted by Crippen LogP contribution is 2.23. The Balaban J connectivity index is 2.50. The van der Waals surface area contributed by atoms with Crippen molar-refractivity contribution < 1.29 is 0 Å². The molecule has 0 saturated carbocycles. The molecule has 0 bridgehead atoms. The second-order valence-corrected chi connectivity index (χ2v) is 4.16. The first-order valence-corrected chi connectivity index (χ1v) is 5.35. The van der Waals surface area contributed by atoms with Gasteiger partial charge < -0.3 is 5.73 Å². The van der Waals surface area contributed by atoms with Crippen molar-refractivity contribution in [2.45, 2.75) is 19.8 Å². The molecule has 2 rings (SSSR count). The van der Waals surface area contributed by atoms with Crippen molar-refractivity contribution in [3.05, 3.63) is 30.1 Å². The van der Waals surface area contributed by atoms with E-state index in [-0.39, 0.29) is 0 Å². The topological polar surface area (TPSA) is 56.7 Å². The molecular weight excluding hydrogens is 200 g/mol. The van der Waals surface area contributed by atoms with Crippen LogP contribution in [0.15, 0.2) is 24.3 Å². The van der Waals surface area contributed by atoms with Gasteiger partial charge in [-0.25, -0.2) is 4.98 Å². The molecular formula is C12H16N4. The number of hydrogen-bond donors (Lipinski definition) is 1. The summed E-state index contributed by atoms with van der Waals surface area (Å²) in [5.74, 6) is 2.03. The van der Waals surface area contributed by atoms with E-state index in [0.717, 1.165) is 11.4 Å². The molecule has 0 saturated heterocycles. The fourth-order valence-corrected chi connectivity index (χ4v) is 1.71. The number of anilines is 1. The summed E-state index contributed by atoms with van der Waals surface area (Å²) in [6, 6.07) is 7.65. The largest absolute Gasteiger partial charge is 0.398 e.